The zero-order chi connectivity index (χ0) is 32.1. The summed E-state index contributed by atoms with van der Waals surface area (Å²) < 4.78 is 5.75. The standard InChI is InChI=1S/C33H38N8O4/c1-33(2,3)37-30(42)20-39-27(22-12-6-5-7-13-22)18-23(24-14-8-11-17-29(24)45-4)19-28(31(39)43)40(32(34)44)25-15-9-10-16-26(25)41-36-21-35-38-41/h5-17,21,23,27-28H,18-20H2,1-4H3,(H2,34,44)(H,37,42)/t23-,27-,28-/m1/s1. The maximum absolute atomic E-state index is 14.9. The molecule has 1 aromatic heterocycles. The summed E-state index contributed by atoms with van der Waals surface area (Å²) in [6.07, 6.45) is 1.95. The van der Waals surface area contributed by atoms with Crippen LogP contribution in [0.4, 0.5) is 10.5 Å². The number of para-hydroxylation sites is 3. The van der Waals surface area contributed by atoms with Gasteiger partial charge in [-0.15, -0.1) is 15.0 Å². The second-order valence-corrected chi connectivity index (χ2v) is 12.0. The SMILES string of the molecule is COc1ccccc1[C@@H]1C[C@H](c2ccccc2)N(CC(=O)NC(C)(C)C)C(=O)[C@H](N(C(N)=O)c2ccccc2-n2ncnn2)C1. The average Bonchev–Trinajstić information content (AvgIpc) is 3.52. The Morgan fingerprint density at radius 1 is 1.00 bits per heavy atom. The topological polar surface area (TPSA) is 149 Å². The van der Waals surface area contributed by atoms with Crippen LogP contribution in [-0.4, -0.2) is 68.2 Å². The van der Waals surface area contributed by atoms with Crippen molar-refractivity contribution in [3.8, 4) is 11.4 Å². The van der Waals surface area contributed by atoms with E-state index in [9.17, 15) is 14.4 Å². The summed E-state index contributed by atoms with van der Waals surface area (Å²) in [6.45, 7) is 5.43. The van der Waals surface area contributed by atoms with Crippen molar-refractivity contribution in [2.45, 2.75) is 57.2 Å². The molecule has 1 aliphatic rings. The number of benzene rings is 3. The minimum absolute atomic E-state index is 0.210. The lowest BCUT2D eigenvalue weighted by molar-refractivity contribution is -0.139. The Hall–Kier alpha value is -5.26. The van der Waals surface area contributed by atoms with Gasteiger partial charge in [0, 0.05) is 5.54 Å². The molecular weight excluding hydrogens is 572 g/mol. The second kappa shape index (κ2) is 13.2. The van der Waals surface area contributed by atoms with E-state index in [2.05, 4.69) is 20.7 Å². The first-order valence-electron chi connectivity index (χ1n) is 14.8. The summed E-state index contributed by atoms with van der Waals surface area (Å²) in [7, 11) is 1.60. The van der Waals surface area contributed by atoms with Crippen molar-refractivity contribution >= 4 is 23.5 Å². The number of carbonyl (C=O) groups is 3. The fourth-order valence-corrected chi connectivity index (χ4v) is 6.03. The van der Waals surface area contributed by atoms with E-state index in [4.69, 9.17) is 10.5 Å². The van der Waals surface area contributed by atoms with Crippen LogP contribution >= 0.6 is 0 Å². The molecule has 12 heteroatoms. The van der Waals surface area contributed by atoms with E-state index in [1.54, 1.807) is 36.3 Å². The number of primary amides is 1. The van der Waals surface area contributed by atoms with Crippen LogP contribution in [-0.2, 0) is 9.59 Å². The van der Waals surface area contributed by atoms with E-state index < -0.39 is 29.6 Å². The molecule has 3 atom stereocenters. The summed E-state index contributed by atoms with van der Waals surface area (Å²) in [4.78, 5) is 45.9. The van der Waals surface area contributed by atoms with Crippen molar-refractivity contribution in [3.05, 3.63) is 96.3 Å². The highest BCUT2D eigenvalue weighted by Crippen LogP contribution is 2.43. The lowest BCUT2D eigenvalue weighted by Crippen LogP contribution is -2.55. The third-order valence-corrected chi connectivity index (χ3v) is 7.81. The molecule has 12 nitrogen and oxygen atoms in total. The van der Waals surface area contributed by atoms with Gasteiger partial charge in [0.15, 0.2) is 6.33 Å². The number of ether oxygens (including phenoxy) is 1. The van der Waals surface area contributed by atoms with Crippen LogP contribution in [0.2, 0.25) is 0 Å². The quantitative estimate of drug-likeness (QED) is 0.307. The maximum atomic E-state index is 14.9. The van der Waals surface area contributed by atoms with Gasteiger partial charge in [0.05, 0.1) is 18.8 Å². The first-order chi connectivity index (χ1) is 21.6. The number of urea groups is 1. The van der Waals surface area contributed by atoms with Crippen molar-refractivity contribution < 1.29 is 19.1 Å². The number of amides is 4. The Balaban J connectivity index is 1.69. The first kappa shape index (κ1) is 31.2. The van der Waals surface area contributed by atoms with Gasteiger partial charge in [0.1, 0.15) is 24.0 Å². The largest absolute Gasteiger partial charge is 0.496 e. The summed E-state index contributed by atoms with van der Waals surface area (Å²) in [5, 5.41) is 14.9. The number of methoxy groups -OCH3 is 1. The molecule has 45 heavy (non-hydrogen) atoms. The Morgan fingerprint density at radius 2 is 1.69 bits per heavy atom. The van der Waals surface area contributed by atoms with Crippen LogP contribution in [0, 0.1) is 0 Å². The number of rotatable bonds is 8. The lowest BCUT2D eigenvalue weighted by atomic mass is 9.85. The van der Waals surface area contributed by atoms with Gasteiger partial charge in [-0.2, -0.15) is 0 Å². The fourth-order valence-electron chi connectivity index (χ4n) is 6.03. The number of hydrogen-bond donors (Lipinski definition) is 2. The van der Waals surface area contributed by atoms with Crippen molar-refractivity contribution in [3.63, 3.8) is 0 Å². The number of nitrogens with zero attached hydrogens (tertiary/aromatic N) is 6. The zero-order valence-electron chi connectivity index (χ0n) is 25.8. The third-order valence-electron chi connectivity index (χ3n) is 7.81. The summed E-state index contributed by atoms with van der Waals surface area (Å²) >= 11 is 0. The number of likely N-dealkylation sites (tertiary alicyclic amines) is 1. The van der Waals surface area contributed by atoms with Gasteiger partial charge in [-0.25, -0.2) is 4.79 Å². The molecule has 3 N–H and O–H groups in total. The zero-order valence-corrected chi connectivity index (χ0v) is 25.8. The molecule has 0 aliphatic carbocycles. The predicted molar refractivity (Wildman–Crippen MR) is 169 cm³/mol. The van der Waals surface area contributed by atoms with Crippen LogP contribution in [0.25, 0.3) is 5.69 Å². The van der Waals surface area contributed by atoms with Gasteiger partial charge >= 0.3 is 6.03 Å². The van der Waals surface area contributed by atoms with Gasteiger partial charge in [-0.05, 0) is 74.1 Å². The van der Waals surface area contributed by atoms with E-state index in [1.807, 2.05) is 75.4 Å². The van der Waals surface area contributed by atoms with Crippen LogP contribution in [0.3, 0.4) is 0 Å². The summed E-state index contributed by atoms with van der Waals surface area (Å²) in [5.74, 6) is -0.332. The van der Waals surface area contributed by atoms with Gasteiger partial charge in [-0.3, -0.25) is 14.5 Å². The highest BCUT2D eigenvalue weighted by atomic mass is 16.5. The summed E-state index contributed by atoms with van der Waals surface area (Å²) in [5.41, 5.74) is 8.08. The number of anilines is 1. The lowest BCUT2D eigenvalue weighted by Gasteiger charge is -2.36. The Kier molecular flexibility index (Phi) is 9.12. The van der Waals surface area contributed by atoms with Gasteiger partial charge < -0.3 is 20.7 Å². The predicted octanol–water partition coefficient (Wildman–Crippen LogP) is 3.99. The first-order valence-corrected chi connectivity index (χ1v) is 14.8. The van der Waals surface area contributed by atoms with E-state index in [-0.39, 0.29) is 24.8 Å². The highest BCUT2D eigenvalue weighted by molar-refractivity contribution is 6.01. The molecule has 1 fully saturated rings. The monoisotopic (exact) mass is 610 g/mol. The average molecular weight is 611 g/mol. The molecule has 0 saturated carbocycles. The van der Waals surface area contributed by atoms with Crippen molar-refractivity contribution in [2.75, 3.05) is 18.6 Å². The number of aromatic nitrogens is 4. The van der Waals surface area contributed by atoms with Crippen LogP contribution in [0.5, 0.6) is 5.75 Å². The Morgan fingerprint density at radius 3 is 2.36 bits per heavy atom. The van der Waals surface area contributed by atoms with Crippen molar-refractivity contribution in [2.24, 2.45) is 5.73 Å². The number of nitrogens with one attached hydrogen (secondary N) is 1. The fraction of sp³-hybridized carbons (Fsp3) is 0.333. The Labute approximate surface area is 262 Å². The number of hydrogen-bond acceptors (Lipinski definition) is 7. The van der Waals surface area contributed by atoms with E-state index in [1.165, 1.54) is 16.0 Å². The molecule has 0 bridgehead atoms. The van der Waals surface area contributed by atoms with E-state index in [0.29, 0.717) is 23.5 Å². The van der Waals surface area contributed by atoms with Crippen LogP contribution < -0.4 is 20.7 Å². The minimum atomic E-state index is -1.08. The number of tetrazole rings is 1. The highest BCUT2D eigenvalue weighted by Gasteiger charge is 2.44. The van der Waals surface area contributed by atoms with Crippen LogP contribution in [0.1, 0.15) is 56.7 Å². The van der Waals surface area contributed by atoms with Gasteiger partial charge in [0.2, 0.25) is 11.8 Å². The molecule has 2 heterocycles. The maximum Gasteiger partial charge on any atom is 0.320 e. The van der Waals surface area contributed by atoms with E-state index in [0.717, 1.165) is 11.1 Å². The molecule has 1 saturated heterocycles. The van der Waals surface area contributed by atoms with Gasteiger partial charge in [-0.1, -0.05) is 60.7 Å². The van der Waals surface area contributed by atoms with Crippen molar-refractivity contribution in [1.29, 1.82) is 0 Å². The molecule has 234 valence electrons. The summed E-state index contributed by atoms with van der Waals surface area (Å²) in [6, 6.07) is 21.8. The molecule has 4 amide bonds. The molecule has 3 aromatic carbocycles. The molecule has 5 rings (SSSR count). The smallest absolute Gasteiger partial charge is 0.320 e. The minimum Gasteiger partial charge on any atom is -0.496 e. The molecule has 0 unspecified atom stereocenters. The number of carbonyl (C=O) groups excluding carboxylic acids is 3. The molecular formula is C33H38N8O4. The third kappa shape index (κ3) is 6.95. The Bertz CT molecular complexity index is 1640. The molecule has 4 aromatic rings. The molecule has 0 spiro atoms. The van der Waals surface area contributed by atoms with E-state index >= 15 is 0 Å². The number of nitrogens with two attached hydrogens (primary N) is 1. The van der Waals surface area contributed by atoms with Crippen molar-refractivity contribution in [1.82, 2.24) is 30.4 Å². The van der Waals surface area contributed by atoms with Gasteiger partial charge in [0.25, 0.3) is 0 Å². The molecule has 1 aliphatic heterocycles. The normalized spacial score (nSPS) is 18.6. The molecule has 0 radical (unpaired) electrons. The second-order valence-electron chi connectivity index (χ2n) is 12.0. The van der Waals surface area contributed by atoms with Crippen LogP contribution in [0.15, 0.2) is 85.2 Å².